The number of amides is 2. The summed E-state index contributed by atoms with van der Waals surface area (Å²) in [6, 6.07) is 9.25. The molecule has 1 heterocycles. The van der Waals surface area contributed by atoms with Crippen LogP contribution < -0.4 is 5.32 Å². The molecule has 2 amide bonds. The molecule has 2 atom stereocenters. The zero-order chi connectivity index (χ0) is 20.2. The number of nitrogens with zero attached hydrogens (tertiary/aromatic N) is 1. The summed E-state index contributed by atoms with van der Waals surface area (Å²) in [7, 11) is 0. The molecule has 0 aliphatic carbocycles. The fourth-order valence-electron chi connectivity index (χ4n) is 2.93. The van der Waals surface area contributed by atoms with Crippen molar-refractivity contribution >= 4 is 12.0 Å². The lowest BCUT2D eigenvalue weighted by Gasteiger charge is -2.30. The largest absolute Gasteiger partial charge is 0.444 e. The van der Waals surface area contributed by atoms with Crippen molar-refractivity contribution < 1.29 is 19.1 Å². The molecule has 2 rings (SSSR count). The Morgan fingerprint density at radius 2 is 1.74 bits per heavy atom. The fourth-order valence-corrected chi connectivity index (χ4v) is 2.93. The van der Waals surface area contributed by atoms with Crippen LogP contribution in [0.2, 0.25) is 0 Å². The Morgan fingerprint density at radius 1 is 1.11 bits per heavy atom. The molecule has 0 spiro atoms. The average Bonchev–Trinajstić information content (AvgIpc) is 2.95. The SMILES string of the molecule is CC(C)(C)NC(=O)[C@@H]1C[C@@H](OCc2ccccc2)CN1C(=O)OC(C)(C)C. The zero-order valence-electron chi connectivity index (χ0n) is 17.2. The number of nitrogens with one attached hydrogen (secondary N) is 1. The highest BCUT2D eigenvalue weighted by Crippen LogP contribution is 2.25. The van der Waals surface area contributed by atoms with Gasteiger partial charge in [-0.15, -0.1) is 0 Å². The van der Waals surface area contributed by atoms with Crippen LogP contribution in [0.4, 0.5) is 4.79 Å². The number of benzene rings is 1. The molecular formula is C21H32N2O4. The number of rotatable bonds is 4. The molecule has 27 heavy (non-hydrogen) atoms. The average molecular weight is 376 g/mol. The summed E-state index contributed by atoms with van der Waals surface area (Å²) in [4.78, 5) is 26.9. The van der Waals surface area contributed by atoms with Gasteiger partial charge < -0.3 is 14.8 Å². The quantitative estimate of drug-likeness (QED) is 0.873. The first-order valence-electron chi connectivity index (χ1n) is 9.42. The molecule has 0 bridgehead atoms. The molecule has 1 N–H and O–H groups in total. The molecule has 1 aromatic carbocycles. The van der Waals surface area contributed by atoms with Crippen molar-refractivity contribution in [2.24, 2.45) is 0 Å². The maximum absolute atomic E-state index is 12.7. The van der Waals surface area contributed by atoms with E-state index in [9.17, 15) is 9.59 Å². The minimum atomic E-state index is -0.620. The number of hydrogen-bond acceptors (Lipinski definition) is 4. The molecule has 6 nitrogen and oxygen atoms in total. The highest BCUT2D eigenvalue weighted by molar-refractivity contribution is 5.87. The van der Waals surface area contributed by atoms with Gasteiger partial charge in [-0.25, -0.2) is 4.79 Å². The highest BCUT2D eigenvalue weighted by atomic mass is 16.6. The predicted molar refractivity (Wildman–Crippen MR) is 104 cm³/mol. The number of carbonyl (C=O) groups is 2. The summed E-state index contributed by atoms with van der Waals surface area (Å²) < 4.78 is 11.5. The molecule has 1 aliphatic rings. The molecule has 6 heteroatoms. The van der Waals surface area contributed by atoms with E-state index >= 15 is 0 Å². The van der Waals surface area contributed by atoms with Gasteiger partial charge in [0.2, 0.25) is 5.91 Å². The van der Waals surface area contributed by atoms with Crippen molar-refractivity contribution in [3.8, 4) is 0 Å². The van der Waals surface area contributed by atoms with Gasteiger partial charge >= 0.3 is 6.09 Å². The van der Waals surface area contributed by atoms with Gasteiger partial charge in [-0.1, -0.05) is 30.3 Å². The zero-order valence-corrected chi connectivity index (χ0v) is 17.2. The molecule has 150 valence electrons. The monoisotopic (exact) mass is 376 g/mol. The summed E-state index contributed by atoms with van der Waals surface area (Å²) in [6.45, 7) is 12.0. The maximum atomic E-state index is 12.7. The lowest BCUT2D eigenvalue weighted by Crippen LogP contribution is -2.52. The molecule has 0 aromatic heterocycles. The van der Waals surface area contributed by atoms with Crippen LogP contribution in [0, 0.1) is 0 Å². The molecule has 0 radical (unpaired) electrons. The maximum Gasteiger partial charge on any atom is 0.411 e. The van der Waals surface area contributed by atoms with Gasteiger partial charge in [-0.3, -0.25) is 9.69 Å². The predicted octanol–water partition coefficient (Wildman–Crippen LogP) is 3.50. The smallest absolute Gasteiger partial charge is 0.411 e. The Labute approximate surface area is 162 Å². The van der Waals surface area contributed by atoms with Crippen LogP contribution in [0.1, 0.15) is 53.5 Å². The summed E-state index contributed by atoms with van der Waals surface area (Å²) in [5.41, 5.74) is 0.0639. The minimum absolute atomic E-state index is 0.181. The summed E-state index contributed by atoms with van der Waals surface area (Å²) >= 11 is 0. The highest BCUT2D eigenvalue weighted by Gasteiger charge is 2.42. The molecule has 1 aliphatic heterocycles. The fraction of sp³-hybridized carbons (Fsp3) is 0.619. The van der Waals surface area contributed by atoms with E-state index in [0.717, 1.165) is 5.56 Å². The topological polar surface area (TPSA) is 67.9 Å². The Morgan fingerprint density at radius 3 is 2.30 bits per heavy atom. The van der Waals surface area contributed by atoms with Gasteiger partial charge in [-0.2, -0.15) is 0 Å². The first-order chi connectivity index (χ1) is 12.4. The van der Waals surface area contributed by atoms with E-state index in [-0.39, 0.29) is 17.6 Å². The van der Waals surface area contributed by atoms with Crippen molar-refractivity contribution in [2.45, 2.75) is 77.9 Å². The number of ether oxygens (including phenoxy) is 2. The lowest BCUT2D eigenvalue weighted by molar-refractivity contribution is -0.127. The Kier molecular flexibility index (Phi) is 6.52. The van der Waals surface area contributed by atoms with Crippen LogP contribution in [-0.2, 0) is 20.9 Å². The van der Waals surface area contributed by atoms with Gasteiger partial charge in [0.05, 0.1) is 19.3 Å². The standard InChI is InChI=1S/C21H32N2O4/c1-20(2,3)22-18(24)17-12-16(26-14-15-10-8-7-9-11-15)13-23(17)19(25)27-21(4,5)6/h7-11,16-17H,12-14H2,1-6H3,(H,22,24)/t16-,17+/m1/s1. The Hall–Kier alpha value is -2.08. The van der Waals surface area contributed by atoms with Crippen LogP contribution in [-0.4, -0.2) is 46.7 Å². The Balaban J connectivity index is 2.07. The van der Waals surface area contributed by atoms with Gasteiger partial charge in [0, 0.05) is 12.0 Å². The van der Waals surface area contributed by atoms with E-state index < -0.39 is 17.7 Å². The third kappa shape index (κ3) is 6.86. The van der Waals surface area contributed by atoms with E-state index in [2.05, 4.69) is 5.32 Å². The molecule has 0 saturated carbocycles. The second kappa shape index (κ2) is 8.30. The van der Waals surface area contributed by atoms with E-state index in [0.29, 0.717) is 19.6 Å². The first-order valence-corrected chi connectivity index (χ1v) is 9.42. The van der Waals surface area contributed by atoms with Crippen LogP contribution in [0.5, 0.6) is 0 Å². The second-order valence-corrected chi connectivity index (χ2v) is 9.04. The molecular weight excluding hydrogens is 344 g/mol. The van der Waals surface area contributed by atoms with Gasteiger partial charge in [0.15, 0.2) is 0 Å². The van der Waals surface area contributed by atoms with Crippen LogP contribution in [0.3, 0.4) is 0 Å². The van der Waals surface area contributed by atoms with E-state index in [1.54, 1.807) is 0 Å². The van der Waals surface area contributed by atoms with Crippen molar-refractivity contribution in [1.82, 2.24) is 10.2 Å². The second-order valence-electron chi connectivity index (χ2n) is 9.04. The molecule has 1 aromatic rings. The third-order valence-electron chi connectivity index (χ3n) is 4.02. The molecule has 1 fully saturated rings. The Bertz CT molecular complexity index is 610. The minimum Gasteiger partial charge on any atom is -0.444 e. The number of carbonyl (C=O) groups excluding carboxylic acids is 2. The van der Waals surface area contributed by atoms with Gasteiger partial charge in [0.25, 0.3) is 0 Å². The summed E-state index contributed by atoms with van der Waals surface area (Å²) in [5, 5.41) is 2.96. The van der Waals surface area contributed by atoms with Gasteiger partial charge in [-0.05, 0) is 47.1 Å². The van der Waals surface area contributed by atoms with Crippen molar-refractivity contribution in [3.05, 3.63) is 35.9 Å². The van der Waals surface area contributed by atoms with Crippen LogP contribution in [0.15, 0.2) is 30.3 Å². The summed E-state index contributed by atoms with van der Waals surface area (Å²) in [5.74, 6) is -0.181. The summed E-state index contributed by atoms with van der Waals surface area (Å²) in [6.07, 6.45) is -0.246. The van der Waals surface area contributed by atoms with E-state index in [1.807, 2.05) is 71.9 Å². The van der Waals surface area contributed by atoms with Crippen molar-refractivity contribution in [2.75, 3.05) is 6.54 Å². The lowest BCUT2D eigenvalue weighted by atomic mass is 10.1. The van der Waals surface area contributed by atoms with Crippen LogP contribution in [0.25, 0.3) is 0 Å². The van der Waals surface area contributed by atoms with Gasteiger partial charge in [0.1, 0.15) is 11.6 Å². The molecule has 1 saturated heterocycles. The van der Waals surface area contributed by atoms with Crippen LogP contribution >= 0.6 is 0 Å². The third-order valence-corrected chi connectivity index (χ3v) is 4.02. The number of hydrogen-bond donors (Lipinski definition) is 1. The normalized spacial score (nSPS) is 20.4. The van der Waals surface area contributed by atoms with E-state index in [4.69, 9.17) is 9.47 Å². The van der Waals surface area contributed by atoms with Crippen molar-refractivity contribution in [3.63, 3.8) is 0 Å². The van der Waals surface area contributed by atoms with E-state index in [1.165, 1.54) is 4.90 Å². The molecule has 0 unspecified atom stereocenters. The number of likely N-dealkylation sites (tertiary alicyclic amines) is 1. The first kappa shape index (κ1) is 21.2. The van der Waals surface area contributed by atoms with Crippen molar-refractivity contribution in [1.29, 1.82) is 0 Å².